The van der Waals surface area contributed by atoms with Gasteiger partial charge < -0.3 is 29.5 Å². The Hall–Kier alpha value is -2.76. The predicted molar refractivity (Wildman–Crippen MR) is 102 cm³/mol. The standard InChI is InChI=1S/C19H18ClNO9/c20-11-3-1-10(2-4-11)18(25)28-9-14-15(22)16(23)17(24)19(30-14)29-13-7-5-12(6-8-13)21(26)27/h1-8,14-17,19,22-24H,9H2/t14-,15+,16+,17-,19-/m1/s1. The summed E-state index contributed by atoms with van der Waals surface area (Å²) in [7, 11) is 0. The molecule has 0 spiro atoms. The first-order valence-corrected chi connectivity index (χ1v) is 9.17. The molecule has 160 valence electrons. The van der Waals surface area contributed by atoms with Crippen LogP contribution in [0.3, 0.4) is 0 Å². The first-order chi connectivity index (χ1) is 14.3. The van der Waals surface area contributed by atoms with Crippen LogP contribution in [0.5, 0.6) is 5.75 Å². The highest BCUT2D eigenvalue weighted by atomic mass is 35.5. The molecule has 0 bridgehead atoms. The Balaban J connectivity index is 1.64. The maximum atomic E-state index is 12.1. The third-order valence-corrected chi connectivity index (χ3v) is 4.68. The van der Waals surface area contributed by atoms with Crippen molar-refractivity contribution in [3.8, 4) is 5.75 Å². The van der Waals surface area contributed by atoms with Gasteiger partial charge in [-0.25, -0.2) is 4.79 Å². The molecule has 0 unspecified atom stereocenters. The number of hydrogen-bond acceptors (Lipinski definition) is 9. The number of nitro benzene ring substituents is 1. The quantitative estimate of drug-likeness (QED) is 0.344. The molecular weight excluding hydrogens is 422 g/mol. The number of benzene rings is 2. The molecule has 11 heteroatoms. The average molecular weight is 440 g/mol. The van der Waals surface area contributed by atoms with Crippen LogP contribution in [0.1, 0.15) is 10.4 Å². The number of nitrogens with zero attached hydrogens (tertiary/aromatic N) is 1. The summed E-state index contributed by atoms with van der Waals surface area (Å²) in [5.41, 5.74) is 0.0684. The van der Waals surface area contributed by atoms with E-state index in [-0.39, 0.29) is 17.0 Å². The van der Waals surface area contributed by atoms with Crippen molar-refractivity contribution in [3.63, 3.8) is 0 Å². The number of carbonyl (C=O) groups is 1. The molecule has 2 aromatic carbocycles. The van der Waals surface area contributed by atoms with Crippen molar-refractivity contribution in [1.82, 2.24) is 0 Å². The van der Waals surface area contributed by atoms with Crippen LogP contribution in [-0.4, -0.2) is 63.5 Å². The molecule has 0 amide bonds. The zero-order chi connectivity index (χ0) is 21.8. The minimum Gasteiger partial charge on any atom is -0.462 e. The number of aliphatic hydroxyl groups excluding tert-OH is 3. The monoisotopic (exact) mass is 439 g/mol. The number of hydrogen-bond donors (Lipinski definition) is 3. The van der Waals surface area contributed by atoms with Gasteiger partial charge in [0.1, 0.15) is 36.8 Å². The summed E-state index contributed by atoms with van der Waals surface area (Å²) in [6, 6.07) is 10.9. The van der Waals surface area contributed by atoms with Gasteiger partial charge >= 0.3 is 5.97 Å². The summed E-state index contributed by atoms with van der Waals surface area (Å²) >= 11 is 5.77. The Kier molecular flexibility index (Phi) is 6.85. The molecule has 5 atom stereocenters. The highest BCUT2D eigenvalue weighted by molar-refractivity contribution is 6.30. The Morgan fingerprint density at radius 1 is 1.03 bits per heavy atom. The molecule has 1 saturated heterocycles. The number of non-ortho nitro benzene ring substituents is 1. The molecule has 10 nitrogen and oxygen atoms in total. The largest absolute Gasteiger partial charge is 0.462 e. The highest BCUT2D eigenvalue weighted by Gasteiger charge is 2.45. The predicted octanol–water partition coefficient (Wildman–Crippen LogP) is 1.29. The second kappa shape index (κ2) is 9.37. The van der Waals surface area contributed by atoms with Gasteiger partial charge in [0.15, 0.2) is 0 Å². The third kappa shape index (κ3) is 5.04. The maximum absolute atomic E-state index is 12.1. The molecule has 30 heavy (non-hydrogen) atoms. The van der Waals surface area contributed by atoms with Crippen LogP contribution in [0.2, 0.25) is 5.02 Å². The lowest BCUT2D eigenvalue weighted by Gasteiger charge is -2.39. The molecule has 0 aliphatic carbocycles. The topological polar surface area (TPSA) is 149 Å². The van der Waals surface area contributed by atoms with E-state index >= 15 is 0 Å². The minimum absolute atomic E-state index is 0.130. The maximum Gasteiger partial charge on any atom is 0.338 e. The van der Waals surface area contributed by atoms with Crippen LogP contribution in [0.15, 0.2) is 48.5 Å². The summed E-state index contributed by atoms with van der Waals surface area (Å²) in [5, 5.41) is 41.5. The van der Waals surface area contributed by atoms with E-state index in [0.29, 0.717) is 5.02 Å². The van der Waals surface area contributed by atoms with E-state index in [4.69, 9.17) is 25.8 Å². The lowest BCUT2D eigenvalue weighted by molar-refractivity contribution is -0.384. The molecule has 0 aromatic heterocycles. The van der Waals surface area contributed by atoms with Gasteiger partial charge in [-0.3, -0.25) is 10.1 Å². The van der Waals surface area contributed by atoms with Gasteiger partial charge in [-0.2, -0.15) is 0 Å². The van der Waals surface area contributed by atoms with Gasteiger partial charge in [0.2, 0.25) is 6.29 Å². The van der Waals surface area contributed by atoms with Crippen molar-refractivity contribution in [2.24, 2.45) is 0 Å². The number of ether oxygens (including phenoxy) is 3. The van der Waals surface area contributed by atoms with E-state index < -0.39 is 48.2 Å². The van der Waals surface area contributed by atoms with E-state index in [0.717, 1.165) is 0 Å². The second-order valence-electron chi connectivity index (χ2n) is 6.49. The van der Waals surface area contributed by atoms with E-state index in [9.17, 15) is 30.2 Å². The molecule has 0 radical (unpaired) electrons. The van der Waals surface area contributed by atoms with Gasteiger partial charge in [0, 0.05) is 17.2 Å². The zero-order valence-corrected chi connectivity index (χ0v) is 16.1. The summed E-state index contributed by atoms with van der Waals surface area (Å²) in [4.78, 5) is 22.2. The van der Waals surface area contributed by atoms with Crippen molar-refractivity contribution < 1.29 is 39.2 Å². The number of esters is 1. The van der Waals surface area contributed by atoms with Crippen LogP contribution < -0.4 is 4.74 Å². The van der Waals surface area contributed by atoms with Crippen molar-refractivity contribution in [2.75, 3.05) is 6.61 Å². The smallest absolute Gasteiger partial charge is 0.338 e. The second-order valence-corrected chi connectivity index (χ2v) is 6.93. The molecule has 1 fully saturated rings. The Labute approximate surface area is 175 Å². The van der Waals surface area contributed by atoms with E-state index in [2.05, 4.69) is 0 Å². The number of aliphatic hydroxyl groups is 3. The number of carbonyl (C=O) groups excluding carboxylic acids is 1. The molecule has 1 aliphatic rings. The fourth-order valence-corrected chi connectivity index (χ4v) is 2.89. The highest BCUT2D eigenvalue weighted by Crippen LogP contribution is 2.26. The fraction of sp³-hybridized carbons (Fsp3) is 0.316. The molecule has 2 aromatic rings. The van der Waals surface area contributed by atoms with Gasteiger partial charge in [0.05, 0.1) is 10.5 Å². The van der Waals surface area contributed by atoms with Crippen LogP contribution in [0.25, 0.3) is 0 Å². The van der Waals surface area contributed by atoms with Gasteiger partial charge in [-0.15, -0.1) is 0 Å². The Bertz CT molecular complexity index is 890. The van der Waals surface area contributed by atoms with Crippen molar-refractivity contribution >= 4 is 23.3 Å². The van der Waals surface area contributed by atoms with E-state index in [1.807, 2.05) is 0 Å². The SMILES string of the molecule is O=C(OC[C@H]1O[C@@H](Oc2ccc([N+](=O)[O-])cc2)[C@H](O)[C@@H](O)[C@H]1O)c1ccc(Cl)cc1. The van der Waals surface area contributed by atoms with Crippen molar-refractivity contribution in [2.45, 2.75) is 30.7 Å². The van der Waals surface area contributed by atoms with Gasteiger partial charge in [-0.05, 0) is 36.4 Å². The molecule has 0 saturated carbocycles. The number of halogens is 1. The van der Waals surface area contributed by atoms with E-state index in [1.165, 1.54) is 48.5 Å². The number of nitro groups is 1. The summed E-state index contributed by atoms with van der Waals surface area (Å²) in [6.45, 7) is -0.424. The summed E-state index contributed by atoms with van der Waals surface area (Å²) in [5.74, 6) is -0.568. The first-order valence-electron chi connectivity index (χ1n) is 8.79. The molecule has 3 rings (SSSR count). The first kappa shape index (κ1) is 21.9. The van der Waals surface area contributed by atoms with Crippen LogP contribution in [0.4, 0.5) is 5.69 Å². The minimum atomic E-state index is -1.64. The lowest BCUT2D eigenvalue weighted by atomic mass is 9.99. The van der Waals surface area contributed by atoms with Crippen molar-refractivity contribution in [1.29, 1.82) is 0 Å². The van der Waals surface area contributed by atoms with Crippen LogP contribution >= 0.6 is 11.6 Å². The van der Waals surface area contributed by atoms with Crippen LogP contribution in [0, 0.1) is 10.1 Å². The summed E-state index contributed by atoms with van der Waals surface area (Å²) < 4.78 is 16.0. The van der Waals surface area contributed by atoms with Crippen molar-refractivity contribution in [3.05, 3.63) is 69.2 Å². The molecular formula is C19H18ClNO9. The number of rotatable bonds is 6. The summed E-state index contributed by atoms with van der Waals surface area (Å²) in [6.07, 6.45) is -7.40. The van der Waals surface area contributed by atoms with Gasteiger partial charge in [-0.1, -0.05) is 11.6 Å². The Morgan fingerprint density at radius 2 is 1.67 bits per heavy atom. The molecule has 1 aliphatic heterocycles. The van der Waals surface area contributed by atoms with Crippen LogP contribution in [-0.2, 0) is 9.47 Å². The normalized spacial score (nSPS) is 26.1. The molecule has 1 heterocycles. The van der Waals surface area contributed by atoms with E-state index in [1.54, 1.807) is 0 Å². The molecule has 3 N–H and O–H groups in total. The Morgan fingerprint density at radius 3 is 2.27 bits per heavy atom. The third-order valence-electron chi connectivity index (χ3n) is 4.43. The lowest BCUT2D eigenvalue weighted by Crippen LogP contribution is -2.60. The zero-order valence-electron chi connectivity index (χ0n) is 15.3. The van der Waals surface area contributed by atoms with Gasteiger partial charge in [0.25, 0.3) is 5.69 Å². The fourth-order valence-electron chi connectivity index (χ4n) is 2.76. The average Bonchev–Trinajstić information content (AvgIpc) is 2.74.